The van der Waals surface area contributed by atoms with Crippen molar-refractivity contribution in [2.45, 2.75) is 18.1 Å². The predicted molar refractivity (Wildman–Crippen MR) is 65.6 cm³/mol. The number of nitrogens with one attached hydrogen (secondary N) is 1. The lowest BCUT2D eigenvalue weighted by molar-refractivity contribution is -0.0797. The van der Waals surface area contributed by atoms with Gasteiger partial charge in [0.1, 0.15) is 0 Å². The van der Waals surface area contributed by atoms with Crippen LogP contribution in [0.5, 0.6) is 0 Å². The van der Waals surface area contributed by atoms with Crippen LogP contribution in [-0.2, 0) is 4.74 Å². The first-order chi connectivity index (χ1) is 7.91. The Balaban J connectivity index is 1.91. The summed E-state index contributed by atoms with van der Waals surface area (Å²) in [5.74, 6) is 2.30. The van der Waals surface area contributed by atoms with Crippen molar-refractivity contribution in [2.24, 2.45) is 0 Å². The van der Waals surface area contributed by atoms with E-state index in [9.17, 15) is 0 Å². The van der Waals surface area contributed by atoms with Gasteiger partial charge in [0.15, 0.2) is 0 Å². The highest BCUT2D eigenvalue weighted by molar-refractivity contribution is 7.99. The van der Waals surface area contributed by atoms with Gasteiger partial charge in [0.05, 0.1) is 18.2 Å². The summed E-state index contributed by atoms with van der Waals surface area (Å²) in [5.41, 5.74) is 1.26. The average molecular weight is 236 g/mol. The third kappa shape index (κ3) is 1.75. The largest absolute Gasteiger partial charge is 0.371 e. The van der Waals surface area contributed by atoms with E-state index in [1.54, 1.807) is 0 Å². The van der Waals surface area contributed by atoms with Gasteiger partial charge in [-0.3, -0.25) is 4.98 Å². The zero-order valence-electron chi connectivity index (χ0n) is 9.19. The third-order valence-corrected chi connectivity index (χ3v) is 4.59. The molecule has 0 bridgehead atoms. The minimum absolute atomic E-state index is 0.00590. The van der Waals surface area contributed by atoms with Crippen LogP contribution in [0.2, 0.25) is 0 Å². The van der Waals surface area contributed by atoms with E-state index in [-0.39, 0.29) is 5.60 Å². The number of nitrogens with zero attached hydrogens (tertiary/aromatic N) is 1. The molecule has 3 rings (SSSR count). The predicted octanol–water partition coefficient (Wildman–Crippen LogP) is 1.62. The highest BCUT2D eigenvalue weighted by atomic mass is 32.2. The zero-order valence-corrected chi connectivity index (χ0v) is 10.0. The summed E-state index contributed by atoms with van der Waals surface area (Å²) in [7, 11) is 0. The summed E-state index contributed by atoms with van der Waals surface area (Å²) in [6, 6.07) is 4.45. The molecule has 2 aliphatic heterocycles. The second-order valence-corrected chi connectivity index (χ2v) is 5.49. The van der Waals surface area contributed by atoms with E-state index in [1.807, 2.05) is 30.2 Å². The molecule has 4 heteroatoms. The standard InChI is InChI=1S/C12H16N2OS/c1-2-10(8-13-4-1)11-12(3-7-16-9-12)15-6-5-14-11/h1-2,4,8,11,14H,3,5-7,9H2. The molecule has 1 N–H and O–H groups in total. The molecule has 1 aromatic rings. The fraction of sp³-hybridized carbons (Fsp3) is 0.583. The van der Waals surface area contributed by atoms with Gasteiger partial charge in [-0.25, -0.2) is 0 Å². The highest BCUT2D eigenvalue weighted by Crippen LogP contribution is 2.42. The quantitative estimate of drug-likeness (QED) is 0.803. The number of pyridine rings is 1. The van der Waals surface area contributed by atoms with Gasteiger partial charge in [0.25, 0.3) is 0 Å². The second-order valence-electron chi connectivity index (χ2n) is 4.39. The molecule has 2 saturated heterocycles. The first-order valence-corrected chi connectivity index (χ1v) is 6.91. The van der Waals surface area contributed by atoms with Gasteiger partial charge in [-0.1, -0.05) is 6.07 Å². The summed E-state index contributed by atoms with van der Waals surface area (Å²) in [6.07, 6.45) is 4.92. The first kappa shape index (κ1) is 10.6. The fourth-order valence-electron chi connectivity index (χ4n) is 2.60. The van der Waals surface area contributed by atoms with Gasteiger partial charge in [-0.2, -0.15) is 11.8 Å². The summed E-state index contributed by atoms with van der Waals surface area (Å²) >= 11 is 1.99. The van der Waals surface area contributed by atoms with E-state index >= 15 is 0 Å². The van der Waals surface area contributed by atoms with Crippen molar-refractivity contribution in [1.82, 2.24) is 10.3 Å². The Morgan fingerprint density at radius 2 is 2.56 bits per heavy atom. The molecule has 16 heavy (non-hydrogen) atoms. The van der Waals surface area contributed by atoms with Gasteiger partial charge in [-0.15, -0.1) is 0 Å². The average Bonchev–Trinajstić information content (AvgIpc) is 2.80. The van der Waals surface area contributed by atoms with Crippen molar-refractivity contribution >= 4 is 11.8 Å². The van der Waals surface area contributed by atoms with Crippen LogP contribution in [0.15, 0.2) is 24.5 Å². The van der Waals surface area contributed by atoms with Crippen LogP contribution in [-0.4, -0.2) is 35.2 Å². The zero-order chi connectivity index (χ0) is 10.8. The molecular weight excluding hydrogens is 220 g/mol. The van der Waals surface area contributed by atoms with Crippen molar-refractivity contribution in [3.63, 3.8) is 0 Å². The van der Waals surface area contributed by atoms with Crippen molar-refractivity contribution < 1.29 is 4.74 Å². The minimum Gasteiger partial charge on any atom is -0.371 e. The van der Waals surface area contributed by atoms with Crippen molar-refractivity contribution in [3.05, 3.63) is 30.1 Å². The molecule has 3 heterocycles. The minimum atomic E-state index is 0.00590. The Morgan fingerprint density at radius 3 is 3.31 bits per heavy atom. The topological polar surface area (TPSA) is 34.2 Å². The van der Waals surface area contributed by atoms with Crippen molar-refractivity contribution in [2.75, 3.05) is 24.7 Å². The molecule has 0 radical (unpaired) electrons. The molecule has 3 nitrogen and oxygen atoms in total. The van der Waals surface area contributed by atoms with Crippen LogP contribution in [0, 0.1) is 0 Å². The van der Waals surface area contributed by atoms with Crippen LogP contribution in [0.4, 0.5) is 0 Å². The monoisotopic (exact) mass is 236 g/mol. The molecule has 2 aliphatic rings. The Morgan fingerprint density at radius 1 is 1.56 bits per heavy atom. The van der Waals surface area contributed by atoms with Crippen LogP contribution >= 0.6 is 11.8 Å². The Bertz CT molecular complexity index is 351. The maximum atomic E-state index is 6.08. The molecule has 0 saturated carbocycles. The Hall–Kier alpha value is -0.580. The summed E-state index contributed by atoms with van der Waals surface area (Å²) in [4.78, 5) is 4.21. The van der Waals surface area contributed by atoms with E-state index in [1.165, 1.54) is 11.3 Å². The molecule has 2 unspecified atom stereocenters. The van der Waals surface area contributed by atoms with Crippen LogP contribution in [0.3, 0.4) is 0 Å². The van der Waals surface area contributed by atoms with Gasteiger partial charge in [-0.05, 0) is 23.8 Å². The molecule has 0 amide bonds. The van der Waals surface area contributed by atoms with Gasteiger partial charge < -0.3 is 10.1 Å². The number of ether oxygens (including phenoxy) is 1. The van der Waals surface area contributed by atoms with Crippen LogP contribution < -0.4 is 5.32 Å². The lowest BCUT2D eigenvalue weighted by Gasteiger charge is -2.41. The van der Waals surface area contributed by atoms with Gasteiger partial charge in [0, 0.05) is 24.7 Å². The Kier molecular flexibility index (Phi) is 2.88. The number of rotatable bonds is 1. The summed E-state index contributed by atoms with van der Waals surface area (Å²) in [6.45, 7) is 1.77. The number of thioether (sulfide) groups is 1. The SMILES string of the molecule is c1cncc(C2NCCOC23CCSC3)c1. The molecule has 1 spiro atoms. The number of hydrogen-bond donors (Lipinski definition) is 1. The van der Waals surface area contributed by atoms with E-state index in [2.05, 4.69) is 16.4 Å². The van der Waals surface area contributed by atoms with Crippen molar-refractivity contribution in [1.29, 1.82) is 0 Å². The van der Waals surface area contributed by atoms with E-state index in [0.29, 0.717) is 6.04 Å². The lowest BCUT2D eigenvalue weighted by Crippen LogP contribution is -2.52. The Labute approximate surface area is 100.0 Å². The van der Waals surface area contributed by atoms with E-state index < -0.39 is 0 Å². The third-order valence-electron chi connectivity index (χ3n) is 3.40. The molecular formula is C12H16N2OS. The lowest BCUT2D eigenvalue weighted by atomic mass is 9.87. The molecule has 2 atom stereocenters. The molecule has 1 aromatic heterocycles. The highest BCUT2D eigenvalue weighted by Gasteiger charge is 2.45. The summed E-state index contributed by atoms with van der Waals surface area (Å²) in [5, 5.41) is 3.59. The maximum absolute atomic E-state index is 6.08. The molecule has 0 aromatic carbocycles. The first-order valence-electron chi connectivity index (χ1n) is 5.76. The number of hydrogen-bond acceptors (Lipinski definition) is 4. The fourth-order valence-corrected chi connectivity index (χ4v) is 3.97. The normalized spacial score (nSPS) is 34.4. The molecule has 0 aliphatic carbocycles. The van der Waals surface area contributed by atoms with Crippen molar-refractivity contribution in [3.8, 4) is 0 Å². The number of morpholine rings is 1. The van der Waals surface area contributed by atoms with Crippen LogP contribution in [0.25, 0.3) is 0 Å². The summed E-state index contributed by atoms with van der Waals surface area (Å²) < 4.78 is 6.08. The van der Waals surface area contributed by atoms with Gasteiger partial charge >= 0.3 is 0 Å². The van der Waals surface area contributed by atoms with Gasteiger partial charge in [0.2, 0.25) is 0 Å². The van der Waals surface area contributed by atoms with E-state index in [4.69, 9.17) is 4.74 Å². The maximum Gasteiger partial charge on any atom is 0.0975 e. The molecule has 86 valence electrons. The second kappa shape index (κ2) is 4.35. The smallest absolute Gasteiger partial charge is 0.0975 e. The number of aromatic nitrogens is 1. The molecule has 2 fully saturated rings. The van der Waals surface area contributed by atoms with E-state index in [0.717, 1.165) is 25.3 Å². The van der Waals surface area contributed by atoms with Crippen LogP contribution in [0.1, 0.15) is 18.0 Å².